The quantitative estimate of drug-likeness (QED) is 0.474. The van der Waals surface area contributed by atoms with Crippen molar-refractivity contribution < 1.29 is 18.8 Å². The average molecular weight is 406 g/mol. The zero-order valence-electron chi connectivity index (χ0n) is 16.9. The first-order chi connectivity index (χ1) is 14.3. The van der Waals surface area contributed by atoms with Gasteiger partial charge in [0, 0.05) is 23.6 Å². The molecule has 1 aliphatic heterocycles. The monoisotopic (exact) mass is 406 g/mol. The molecule has 0 saturated carbocycles. The van der Waals surface area contributed by atoms with Crippen molar-refractivity contribution >= 4 is 23.9 Å². The minimum Gasteiger partial charge on any atom is -0.457 e. The minimum atomic E-state index is -0.157. The molecule has 8 nitrogen and oxygen atoms in total. The molecule has 2 aromatic carbocycles. The molecule has 0 unspecified atom stereocenters. The van der Waals surface area contributed by atoms with Gasteiger partial charge >= 0.3 is 0 Å². The van der Waals surface area contributed by atoms with Gasteiger partial charge in [-0.25, -0.2) is 5.01 Å². The lowest BCUT2D eigenvalue weighted by Gasteiger charge is -2.18. The number of anilines is 2. The topological polar surface area (TPSA) is 96.7 Å². The number of hydrogen-bond acceptors (Lipinski definition) is 6. The highest BCUT2D eigenvalue weighted by Crippen LogP contribution is 2.28. The van der Waals surface area contributed by atoms with Crippen molar-refractivity contribution in [2.45, 2.75) is 32.7 Å². The maximum atomic E-state index is 11.6. The second-order valence-electron chi connectivity index (χ2n) is 8.01. The molecular weight excluding hydrogens is 384 g/mol. The molecular formula is C22H22N4O4. The van der Waals surface area contributed by atoms with Crippen LogP contribution in [0.3, 0.4) is 0 Å². The number of hydrogen-bond donors (Lipinski definition) is 2. The second-order valence-corrected chi connectivity index (χ2v) is 8.01. The zero-order valence-corrected chi connectivity index (χ0v) is 16.9. The predicted octanol–water partition coefficient (Wildman–Crippen LogP) is 4.00. The lowest BCUT2D eigenvalue weighted by atomic mass is 9.92. The number of benzene rings is 2. The largest absolute Gasteiger partial charge is 0.457 e. The summed E-state index contributed by atoms with van der Waals surface area (Å²) >= 11 is 0. The number of amides is 2. The first kappa shape index (κ1) is 19.5. The summed E-state index contributed by atoms with van der Waals surface area (Å²) in [5.41, 5.74) is 5.71. The first-order valence-electron chi connectivity index (χ1n) is 9.51. The highest BCUT2D eigenvalue weighted by Gasteiger charge is 2.20. The van der Waals surface area contributed by atoms with Crippen molar-refractivity contribution in [3.63, 3.8) is 0 Å². The summed E-state index contributed by atoms with van der Waals surface area (Å²) in [5, 5.41) is 8.11. The zero-order chi connectivity index (χ0) is 21.3. The van der Waals surface area contributed by atoms with E-state index >= 15 is 0 Å². The Morgan fingerprint density at radius 2 is 1.87 bits per heavy atom. The van der Waals surface area contributed by atoms with E-state index in [0.717, 1.165) is 11.3 Å². The van der Waals surface area contributed by atoms with Gasteiger partial charge in [0.25, 0.3) is 5.91 Å². The molecule has 0 fully saturated rings. The average Bonchev–Trinajstić information content (AvgIpc) is 3.34. The van der Waals surface area contributed by atoms with E-state index in [4.69, 9.17) is 9.26 Å². The molecule has 2 heterocycles. The van der Waals surface area contributed by atoms with Crippen LogP contribution < -0.4 is 20.5 Å². The summed E-state index contributed by atoms with van der Waals surface area (Å²) < 4.78 is 11.1. The van der Waals surface area contributed by atoms with E-state index in [1.165, 1.54) is 5.01 Å². The van der Waals surface area contributed by atoms with Gasteiger partial charge in [0.1, 0.15) is 11.5 Å². The van der Waals surface area contributed by atoms with E-state index in [-0.39, 0.29) is 11.3 Å². The molecule has 0 atom stereocenters. The summed E-state index contributed by atoms with van der Waals surface area (Å²) in [7, 11) is 0. The van der Waals surface area contributed by atoms with Crippen LogP contribution in [-0.2, 0) is 16.8 Å². The van der Waals surface area contributed by atoms with Crippen LogP contribution in [0, 0.1) is 0 Å². The van der Waals surface area contributed by atoms with E-state index in [0.29, 0.717) is 41.6 Å². The van der Waals surface area contributed by atoms with Crippen molar-refractivity contribution in [2.24, 2.45) is 0 Å². The van der Waals surface area contributed by atoms with Crippen LogP contribution in [0.2, 0.25) is 0 Å². The van der Waals surface area contributed by atoms with Crippen LogP contribution in [-0.4, -0.2) is 17.5 Å². The minimum absolute atomic E-state index is 0.0660. The van der Waals surface area contributed by atoms with Crippen molar-refractivity contribution in [3.05, 3.63) is 65.4 Å². The number of carbonyl (C=O) groups excluding carboxylic acids is 2. The Kier molecular flexibility index (Phi) is 4.91. The van der Waals surface area contributed by atoms with Gasteiger partial charge in [0.2, 0.25) is 12.3 Å². The summed E-state index contributed by atoms with van der Waals surface area (Å²) in [4.78, 5) is 23.2. The maximum Gasteiger partial charge on any atom is 0.251 e. The SMILES string of the molecule is CC(C)(C)c1cc(NN(C=O)c2ccc(Oc3ccc4c(c3)CNC4=O)cc2)on1. The van der Waals surface area contributed by atoms with Crippen molar-refractivity contribution in [3.8, 4) is 11.5 Å². The number of hydrazine groups is 1. The van der Waals surface area contributed by atoms with Crippen LogP contribution in [0.4, 0.5) is 11.6 Å². The van der Waals surface area contributed by atoms with Gasteiger partial charge in [0.05, 0.1) is 11.4 Å². The van der Waals surface area contributed by atoms with E-state index in [9.17, 15) is 9.59 Å². The number of ether oxygens (including phenoxy) is 1. The van der Waals surface area contributed by atoms with E-state index in [1.807, 2.05) is 26.8 Å². The number of carbonyl (C=O) groups is 2. The highest BCUT2D eigenvalue weighted by atomic mass is 16.5. The third kappa shape index (κ3) is 3.98. The Hall–Kier alpha value is -3.81. The fourth-order valence-electron chi connectivity index (χ4n) is 3.03. The third-order valence-corrected chi connectivity index (χ3v) is 4.73. The Balaban J connectivity index is 1.45. The number of fused-ring (bicyclic) bond motifs is 1. The number of rotatable bonds is 6. The number of nitrogens with zero attached hydrogens (tertiary/aromatic N) is 2. The molecule has 30 heavy (non-hydrogen) atoms. The van der Waals surface area contributed by atoms with Crippen LogP contribution in [0.25, 0.3) is 0 Å². The lowest BCUT2D eigenvalue weighted by Crippen LogP contribution is -2.27. The molecule has 2 N–H and O–H groups in total. The smallest absolute Gasteiger partial charge is 0.251 e. The third-order valence-electron chi connectivity index (χ3n) is 4.73. The van der Waals surface area contributed by atoms with Gasteiger partial charge in [-0.15, -0.1) is 0 Å². The maximum absolute atomic E-state index is 11.6. The van der Waals surface area contributed by atoms with Crippen LogP contribution >= 0.6 is 0 Å². The van der Waals surface area contributed by atoms with Crippen molar-refractivity contribution in [1.29, 1.82) is 0 Å². The number of nitrogens with one attached hydrogen (secondary N) is 2. The predicted molar refractivity (Wildman–Crippen MR) is 111 cm³/mol. The molecule has 154 valence electrons. The summed E-state index contributed by atoms with van der Waals surface area (Å²) in [6.07, 6.45) is 0.652. The van der Waals surface area contributed by atoms with Crippen LogP contribution in [0.15, 0.2) is 53.1 Å². The Labute approximate surface area is 173 Å². The fraction of sp³-hybridized carbons (Fsp3) is 0.227. The van der Waals surface area contributed by atoms with Gasteiger partial charge < -0.3 is 14.6 Å². The van der Waals surface area contributed by atoms with Gasteiger partial charge in [0.15, 0.2) is 0 Å². The molecule has 1 aromatic heterocycles. The van der Waals surface area contributed by atoms with E-state index < -0.39 is 0 Å². The number of aromatic nitrogens is 1. The molecule has 8 heteroatoms. The van der Waals surface area contributed by atoms with Gasteiger partial charge in [-0.2, -0.15) is 0 Å². The van der Waals surface area contributed by atoms with Gasteiger partial charge in [-0.1, -0.05) is 25.9 Å². The molecule has 0 spiro atoms. The Morgan fingerprint density at radius 3 is 2.53 bits per heavy atom. The molecule has 0 radical (unpaired) electrons. The summed E-state index contributed by atoms with van der Waals surface area (Å²) in [6, 6.07) is 14.1. The molecule has 3 aromatic rings. The molecule has 4 rings (SSSR count). The second kappa shape index (κ2) is 7.55. The Morgan fingerprint density at radius 1 is 1.13 bits per heavy atom. The normalized spacial score (nSPS) is 12.8. The lowest BCUT2D eigenvalue weighted by molar-refractivity contribution is -0.107. The van der Waals surface area contributed by atoms with E-state index in [2.05, 4.69) is 15.9 Å². The molecule has 1 aliphatic rings. The van der Waals surface area contributed by atoms with Crippen LogP contribution in [0.5, 0.6) is 11.5 Å². The fourth-order valence-corrected chi connectivity index (χ4v) is 3.03. The molecule has 0 bridgehead atoms. The summed E-state index contributed by atoms with van der Waals surface area (Å²) in [6.45, 7) is 6.59. The van der Waals surface area contributed by atoms with E-state index in [1.54, 1.807) is 42.5 Å². The molecule has 0 saturated heterocycles. The van der Waals surface area contributed by atoms with Crippen LogP contribution in [0.1, 0.15) is 42.4 Å². The Bertz CT molecular complexity index is 1080. The first-order valence-corrected chi connectivity index (χ1v) is 9.51. The summed E-state index contributed by atoms with van der Waals surface area (Å²) in [5.74, 6) is 1.55. The van der Waals surface area contributed by atoms with Gasteiger partial charge in [-0.3, -0.25) is 15.0 Å². The molecule has 2 amide bonds. The molecule has 0 aliphatic carbocycles. The van der Waals surface area contributed by atoms with Crippen molar-refractivity contribution in [2.75, 3.05) is 10.4 Å². The van der Waals surface area contributed by atoms with Crippen molar-refractivity contribution in [1.82, 2.24) is 10.5 Å². The van der Waals surface area contributed by atoms with Gasteiger partial charge in [-0.05, 0) is 48.0 Å². The highest BCUT2D eigenvalue weighted by molar-refractivity contribution is 5.98. The standard InChI is InChI=1S/C22H22N4O4/c1-22(2,3)19-11-20(30-25-19)24-26(13-27)15-4-6-16(7-5-15)29-17-8-9-18-14(10-17)12-23-21(18)28/h4-11,13,24H,12H2,1-3H3,(H,23,28).